The lowest BCUT2D eigenvalue weighted by molar-refractivity contribution is 0.594. The van der Waals surface area contributed by atoms with Gasteiger partial charge >= 0.3 is 0 Å². The van der Waals surface area contributed by atoms with Gasteiger partial charge in [-0.05, 0) is 42.8 Å². The van der Waals surface area contributed by atoms with E-state index in [-0.39, 0.29) is 4.90 Å². The van der Waals surface area contributed by atoms with Crippen molar-refractivity contribution in [2.24, 2.45) is 0 Å². The predicted molar refractivity (Wildman–Crippen MR) is 75.4 cm³/mol. The van der Waals surface area contributed by atoms with E-state index in [0.29, 0.717) is 11.5 Å². The van der Waals surface area contributed by atoms with Gasteiger partial charge in [-0.2, -0.15) is 0 Å². The highest BCUT2D eigenvalue weighted by molar-refractivity contribution is 7.92. The van der Waals surface area contributed by atoms with Crippen LogP contribution < -0.4 is 10.0 Å². The van der Waals surface area contributed by atoms with Crippen molar-refractivity contribution in [3.05, 3.63) is 48.2 Å². The first kappa shape index (κ1) is 13.4. The monoisotopic (exact) mass is 277 g/mol. The number of aryl methyl sites for hydroxylation is 1. The average molecular weight is 277 g/mol. The largest absolute Gasteiger partial charge is 0.399 e. The highest BCUT2D eigenvalue weighted by atomic mass is 32.2. The Morgan fingerprint density at radius 1 is 1.21 bits per heavy atom. The zero-order chi connectivity index (χ0) is 14.0. The maximum atomic E-state index is 12.5. The molecule has 1 aromatic heterocycles. The van der Waals surface area contributed by atoms with Gasteiger partial charge < -0.3 is 5.73 Å². The average Bonchev–Trinajstić information content (AvgIpc) is 2.37. The zero-order valence-corrected chi connectivity index (χ0v) is 11.6. The second kappa shape index (κ2) is 4.89. The fourth-order valence-electron chi connectivity index (χ4n) is 1.75. The molecule has 1 aromatic carbocycles. The van der Waals surface area contributed by atoms with Crippen molar-refractivity contribution in [1.29, 1.82) is 0 Å². The Bertz CT molecular complexity index is 664. The molecule has 0 radical (unpaired) electrons. The number of benzene rings is 1. The van der Waals surface area contributed by atoms with Gasteiger partial charge in [0.25, 0.3) is 10.0 Å². The Morgan fingerprint density at radius 2 is 1.95 bits per heavy atom. The van der Waals surface area contributed by atoms with Crippen molar-refractivity contribution >= 4 is 21.5 Å². The fourth-order valence-corrected chi connectivity index (χ4v) is 3.04. The van der Waals surface area contributed by atoms with E-state index in [1.54, 1.807) is 43.5 Å². The van der Waals surface area contributed by atoms with Gasteiger partial charge in [-0.25, -0.2) is 13.4 Å². The summed E-state index contributed by atoms with van der Waals surface area (Å²) in [7, 11) is -2.18. The molecule has 2 rings (SSSR count). The van der Waals surface area contributed by atoms with Crippen molar-refractivity contribution < 1.29 is 8.42 Å². The van der Waals surface area contributed by atoms with Gasteiger partial charge in [0, 0.05) is 18.9 Å². The lowest BCUT2D eigenvalue weighted by Crippen LogP contribution is -2.27. The molecule has 2 N–H and O–H groups in total. The predicted octanol–water partition coefficient (Wildman–Crippen LogP) is 1.80. The molecule has 1 heterocycles. The number of nitrogen functional groups attached to an aromatic ring is 1. The first-order valence-corrected chi connectivity index (χ1v) is 7.12. The summed E-state index contributed by atoms with van der Waals surface area (Å²) in [6.07, 6.45) is 1.55. The van der Waals surface area contributed by atoms with Gasteiger partial charge in [-0.1, -0.05) is 6.07 Å². The maximum Gasteiger partial charge on any atom is 0.265 e. The van der Waals surface area contributed by atoms with Crippen molar-refractivity contribution in [1.82, 2.24) is 4.98 Å². The maximum absolute atomic E-state index is 12.5. The van der Waals surface area contributed by atoms with Crippen LogP contribution in [0.25, 0.3) is 0 Å². The van der Waals surface area contributed by atoms with Crippen LogP contribution in [-0.2, 0) is 10.0 Å². The molecule has 100 valence electrons. The first-order valence-electron chi connectivity index (χ1n) is 5.68. The van der Waals surface area contributed by atoms with E-state index in [2.05, 4.69) is 4.98 Å². The van der Waals surface area contributed by atoms with Crippen molar-refractivity contribution in [2.45, 2.75) is 11.8 Å². The summed E-state index contributed by atoms with van der Waals surface area (Å²) in [5.74, 6) is 0.363. The van der Waals surface area contributed by atoms with Gasteiger partial charge in [-0.3, -0.25) is 4.31 Å². The lowest BCUT2D eigenvalue weighted by atomic mass is 10.2. The number of hydrogen-bond donors (Lipinski definition) is 1. The standard InChI is InChI=1S/C13H15N3O2S/c1-10-7-11(14)9-12(8-10)19(17,18)16(2)13-5-3-4-6-15-13/h3-9H,14H2,1-2H3. The Morgan fingerprint density at radius 3 is 2.53 bits per heavy atom. The van der Waals surface area contributed by atoms with Crippen molar-refractivity contribution in [3.63, 3.8) is 0 Å². The molecule has 0 saturated carbocycles. The first-order chi connectivity index (χ1) is 8.91. The summed E-state index contributed by atoms with van der Waals surface area (Å²) in [5.41, 5.74) is 6.92. The molecule has 0 spiro atoms. The quantitative estimate of drug-likeness (QED) is 0.868. The Kier molecular flexibility index (Phi) is 3.44. The van der Waals surface area contributed by atoms with Crippen LogP contribution in [-0.4, -0.2) is 20.4 Å². The summed E-state index contributed by atoms with van der Waals surface area (Å²) in [6, 6.07) is 9.86. The minimum absolute atomic E-state index is 0.165. The number of anilines is 2. The summed E-state index contributed by atoms with van der Waals surface area (Å²) < 4.78 is 26.1. The molecule has 0 aliphatic heterocycles. The molecule has 0 bridgehead atoms. The highest BCUT2D eigenvalue weighted by Gasteiger charge is 2.22. The van der Waals surface area contributed by atoms with E-state index in [0.717, 1.165) is 9.87 Å². The molecule has 5 nitrogen and oxygen atoms in total. The van der Waals surface area contributed by atoms with Crippen LogP contribution >= 0.6 is 0 Å². The Hall–Kier alpha value is -2.08. The van der Waals surface area contributed by atoms with Gasteiger partial charge in [0.15, 0.2) is 0 Å². The number of hydrogen-bond acceptors (Lipinski definition) is 4. The van der Waals surface area contributed by atoms with Crippen LogP contribution in [0.1, 0.15) is 5.56 Å². The second-order valence-corrected chi connectivity index (χ2v) is 6.21. The van der Waals surface area contributed by atoms with Crippen LogP contribution in [0.4, 0.5) is 11.5 Å². The normalized spacial score (nSPS) is 11.3. The SMILES string of the molecule is Cc1cc(N)cc(S(=O)(=O)N(C)c2ccccn2)c1. The molecule has 2 aromatic rings. The van der Waals surface area contributed by atoms with Gasteiger partial charge in [-0.15, -0.1) is 0 Å². The number of aromatic nitrogens is 1. The molecule has 6 heteroatoms. The minimum atomic E-state index is -3.65. The van der Waals surface area contributed by atoms with Gasteiger partial charge in [0.1, 0.15) is 5.82 Å². The molecule has 0 saturated heterocycles. The molecule has 0 unspecified atom stereocenters. The number of nitrogens with zero attached hydrogens (tertiary/aromatic N) is 2. The number of sulfonamides is 1. The van der Waals surface area contributed by atoms with E-state index in [4.69, 9.17) is 5.73 Å². The van der Waals surface area contributed by atoms with E-state index >= 15 is 0 Å². The van der Waals surface area contributed by atoms with Crippen molar-refractivity contribution in [3.8, 4) is 0 Å². The summed E-state index contributed by atoms with van der Waals surface area (Å²) >= 11 is 0. The van der Waals surface area contributed by atoms with Gasteiger partial charge in [0.05, 0.1) is 4.90 Å². The van der Waals surface area contributed by atoms with Crippen LogP contribution in [0, 0.1) is 6.92 Å². The number of nitrogens with two attached hydrogens (primary N) is 1. The molecule has 0 fully saturated rings. The molecular formula is C13H15N3O2S. The number of rotatable bonds is 3. The molecule has 0 aliphatic carbocycles. The van der Waals surface area contributed by atoms with E-state index < -0.39 is 10.0 Å². The van der Waals surface area contributed by atoms with Crippen LogP contribution in [0.15, 0.2) is 47.5 Å². The van der Waals surface area contributed by atoms with Crippen LogP contribution in [0.5, 0.6) is 0 Å². The Labute approximate surface area is 112 Å². The van der Waals surface area contributed by atoms with Gasteiger partial charge in [0.2, 0.25) is 0 Å². The third-order valence-electron chi connectivity index (χ3n) is 2.70. The second-order valence-electron chi connectivity index (χ2n) is 4.24. The topological polar surface area (TPSA) is 76.3 Å². The van der Waals surface area contributed by atoms with Crippen molar-refractivity contribution in [2.75, 3.05) is 17.1 Å². The van der Waals surface area contributed by atoms with E-state index in [1.165, 1.54) is 13.1 Å². The Balaban J connectivity index is 2.48. The molecule has 0 atom stereocenters. The highest BCUT2D eigenvalue weighted by Crippen LogP contribution is 2.22. The molecule has 19 heavy (non-hydrogen) atoms. The smallest absolute Gasteiger partial charge is 0.265 e. The van der Waals surface area contributed by atoms with Crippen LogP contribution in [0.2, 0.25) is 0 Å². The van der Waals surface area contributed by atoms with E-state index in [9.17, 15) is 8.42 Å². The van der Waals surface area contributed by atoms with Crippen LogP contribution in [0.3, 0.4) is 0 Å². The molecule has 0 amide bonds. The fraction of sp³-hybridized carbons (Fsp3) is 0.154. The summed E-state index contributed by atoms with van der Waals surface area (Å²) in [5, 5.41) is 0. The molecule has 0 aliphatic rings. The summed E-state index contributed by atoms with van der Waals surface area (Å²) in [6.45, 7) is 1.80. The third kappa shape index (κ3) is 2.68. The number of pyridine rings is 1. The minimum Gasteiger partial charge on any atom is -0.399 e. The zero-order valence-electron chi connectivity index (χ0n) is 10.7. The third-order valence-corrected chi connectivity index (χ3v) is 4.44. The lowest BCUT2D eigenvalue weighted by Gasteiger charge is -2.18. The van der Waals surface area contributed by atoms with E-state index in [1.807, 2.05) is 0 Å². The summed E-state index contributed by atoms with van der Waals surface area (Å²) in [4.78, 5) is 4.20. The molecular weight excluding hydrogens is 262 g/mol.